The highest BCUT2D eigenvalue weighted by Crippen LogP contribution is 2.40. The molecule has 0 aromatic heterocycles. The molecule has 1 aliphatic carbocycles. The first-order chi connectivity index (χ1) is 7.18. The predicted octanol–water partition coefficient (Wildman–Crippen LogP) is 2.80. The average Bonchev–Trinajstić information content (AvgIpc) is 2.96. The minimum Gasteiger partial charge on any atom is -0.336 e. The summed E-state index contributed by atoms with van der Waals surface area (Å²) in [7, 11) is 2.29. The Morgan fingerprint density at radius 2 is 2.13 bits per heavy atom. The molecule has 2 aliphatic rings. The molecule has 2 rings (SSSR count). The van der Waals surface area contributed by atoms with E-state index in [-0.39, 0.29) is 0 Å². The highest BCUT2D eigenvalue weighted by Gasteiger charge is 2.41. The second-order valence-corrected chi connectivity index (χ2v) is 5.57. The van der Waals surface area contributed by atoms with E-state index in [2.05, 4.69) is 33.3 Å². The van der Waals surface area contributed by atoms with E-state index in [9.17, 15) is 0 Å². The number of hydrogen-bond acceptors (Lipinski definition) is 1. The smallest absolute Gasteiger partial charge is 0.137 e. The Kier molecular flexibility index (Phi) is 3.55. The predicted molar refractivity (Wildman–Crippen MR) is 66.9 cm³/mol. The first kappa shape index (κ1) is 11.3. The van der Waals surface area contributed by atoms with Crippen LogP contribution in [0.2, 0.25) is 5.82 Å². The molecule has 5 atom stereocenters. The molecule has 5 unspecified atom stereocenters. The van der Waals surface area contributed by atoms with E-state index in [4.69, 9.17) is 5.73 Å². The van der Waals surface area contributed by atoms with Gasteiger partial charge in [-0.1, -0.05) is 31.8 Å². The number of allylic oxidation sites excluding steroid dienone is 2. The summed E-state index contributed by atoms with van der Waals surface area (Å²) in [5, 5.41) is 0. The molecule has 0 bridgehead atoms. The van der Waals surface area contributed by atoms with Crippen LogP contribution >= 0.6 is 0 Å². The first-order valence-corrected chi connectivity index (χ1v) is 6.44. The van der Waals surface area contributed by atoms with E-state index in [1.807, 2.05) is 0 Å². The van der Waals surface area contributed by atoms with Gasteiger partial charge in [-0.05, 0) is 49.4 Å². The molecule has 2 heteroatoms. The molecule has 1 nitrogen and oxygen atoms in total. The Balaban J connectivity index is 1.75. The van der Waals surface area contributed by atoms with Crippen molar-refractivity contribution in [2.75, 3.05) is 0 Å². The minimum absolute atomic E-state index is 0.397. The topological polar surface area (TPSA) is 26.0 Å². The van der Waals surface area contributed by atoms with E-state index >= 15 is 0 Å². The van der Waals surface area contributed by atoms with Gasteiger partial charge in [0.25, 0.3) is 0 Å². The van der Waals surface area contributed by atoms with Gasteiger partial charge in [-0.3, -0.25) is 0 Å². The van der Waals surface area contributed by atoms with E-state index in [0.717, 1.165) is 17.8 Å². The van der Waals surface area contributed by atoms with Gasteiger partial charge in [-0.15, -0.1) is 0 Å². The van der Waals surface area contributed by atoms with Gasteiger partial charge in [0.05, 0.1) is 0 Å². The van der Waals surface area contributed by atoms with Crippen LogP contribution in [0.25, 0.3) is 0 Å². The van der Waals surface area contributed by atoms with Crippen molar-refractivity contribution in [1.82, 2.24) is 0 Å². The van der Waals surface area contributed by atoms with Gasteiger partial charge in [0.15, 0.2) is 0 Å². The molecule has 1 saturated heterocycles. The fourth-order valence-corrected chi connectivity index (χ4v) is 2.91. The van der Waals surface area contributed by atoms with Crippen molar-refractivity contribution in [3.63, 3.8) is 0 Å². The third kappa shape index (κ3) is 2.87. The van der Waals surface area contributed by atoms with Crippen molar-refractivity contribution in [2.24, 2.45) is 23.5 Å². The van der Waals surface area contributed by atoms with Crippen LogP contribution in [0.3, 0.4) is 0 Å². The molecular formula is C13H23BN. The standard InChI is InChI=1S/C13H23BN/c1-9(10(2)12-13(15)14-12)8-11-6-4-3-5-7-11/h3-4,9-13H,5-8,15H2,1-2H3. The largest absolute Gasteiger partial charge is 0.336 e. The van der Waals surface area contributed by atoms with Crippen molar-refractivity contribution in [3.8, 4) is 0 Å². The maximum atomic E-state index is 5.87. The summed E-state index contributed by atoms with van der Waals surface area (Å²) in [6, 6.07) is 0. The van der Waals surface area contributed by atoms with Gasteiger partial charge in [0.2, 0.25) is 0 Å². The maximum absolute atomic E-state index is 5.87. The lowest BCUT2D eigenvalue weighted by Crippen LogP contribution is -2.16. The van der Waals surface area contributed by atoms with Crippen LogP contribution in [0.1, 0.15) is 39.5 Å². The van der Waals surface area contributed by atoms with Gasteiger partial charge >= 0.3 is 0 Å². The van der Waals surface area contributed by atoms with E-state index in [1.165, 1.54) is 25.7 Å². The summed E-state index contributed by atoms with van der Waals surface area (Å²) in [6.07, 6.45) is 10.1. The van der Waals surface area contributed by atoms with Crippen LogP contribution in [0.15, 0.2) is 12.2 Å². The molecule has 1 radical (unpaired) electrons. The second kappa shape index (κ2) is 4.73. The first-order valence-electron chi connectivity index (χ1n) is 6.44. The zero-order valence-corrected chi connectivity index (χ0v) is 10.0. The van der Waals surface area contributed by atoms with Crippen molar-refractivity contribution in [2.45, 2.75) is 51.3 Å². The van der Waals surface area contributed by atoms with Crippen LogP contribution in [0, 0.1) is 17.8 Å². The van der Waals surface area contributed by atoms with Crippen LogP contribution < -0.4 is 5.73 Å². The van der Waals surface area contributed by atoms with Crippen molar-refractivity contribution in [3.05, 3.63) is 12.2 Å². The molecule has 0 aromatic carbocycles. The Morgan fingerprint density at radius 1 is 1.40 bits per heavy atom. The van der Waals surface area contributed by atoms with Gasteiger partial charge in [-0.25, -0.2) is 0 Å². The molecule has 83 valence electrons. The molecule has 0 spiro atoms. The third-order valence-electron chi connectivity index (χ3n) is 4.34. The highest BCUT2D eigenvalue weighted by molar-refractivity contribution is 6.53. The van der Waals surface area contributed by atoms with Gasteiger partial charge in [0.1, 0.15) is 7.28 Å². The number of nitrogens with two attached hydrogens (primary N) is 1. The second-order valence-electron chi connectivity index (χ2n) is 5.57. The fraction of sp³-hybridized carbons (Fsp3) is 0.846. The molecule has 1 aliphatic heterocycles. The summed E-state index contributed by atoms with van der Waals surface area (Å²) in [6.45, 7) is 4.78. The van der Waals surface area contributed by atoms with E-state index in [0.29, 0.717) is 11.8 Å². The lowest BCUT2D eigenvalue weighted by molar-refractivity contribution is 0.289. The lowest BCUT2D eigenvalue weighted by atomic mass is 9.77. The van der Waals surface area contributed by atoms with Crippen LogP contribution in [0.4, 0.5) is 0 Å². The van der Waals surface area contributed by atoms with Crippen molar-refractivity contribution < 1.29 is 0 Å². The van der Waals surface area contributed by atoms with Gasteiger partial charge in [0, 0.05) is 0 Å². The van der Waals surface area contributed by atoms with E-state index in [1.54, 1.807) is 0 Å². The monoisotopic (exact) mass is 204 g/mol. The van der Waals surface area contributed by atoms with Crippen LogP contribution in [-0.2, 0) is 0 Å². The zero-order valence-electron chi connectivity index (χ0n) is 10.0. The number of hydrogen-bond donors (Lipinski definition) is 1. The molecule has 1 fully saturated rings. The van der Waals surface area contributed by atoms with Crippen molar-refractivity contribution >= 4 is 7.28 Å². The van der Waals surface area contributed by atoms with Gasteiger partial charge in [-0.2, -0.15) is 0 Å². The number of rotatable bonds is 4. The molecular weight excluding hydrogens is 181 g/mol. The zero-order chi connectivity index (χ0) is 10.8. The van der Waals surface area contributed by atoms with Crippen molar-refractivity contribution in [1.29, 1.82) is 0 Å². The minimum atomic E-state index is 0.397. The quantitative estimate of drug-likeness (QED) is 0.553. The molecule has 0 amide bonds. The van der Waals surface area contributed by atoms with Crippen LogP contribution in [0.5, 0.6) is 0 Å². The SMILES string of the molecule is CC(CC1CC=CCC1)C(C)C1[B]C1N. The molecule has 0 saturated carbocycles. The summed E-state index contributed by atoms with van der Waals surface area (Å²) >= 11 is 0. The summed E-state index contributed by atoms with van der Waals surface area (Å²) in [5.41, 5.74) is 5.87. The Hall–Kier alpha value is -0.235. The van der Waals surface area contributed by atoms with Crippen LogP contribution in [-0.4, -0.2) is 13.2 Å². The summed E-state index contributed by atoms with van der Waals surface area (Å²) < 4.78 is 0. The lowest BCUT2D eigenvalue weighted by Gasteiger charge is -2.26. The van der Waals surface area contributed by atoms with E-state index < -0.39 is 0 Å². The Labute approximate surface area is 94.7 Å². The molecule has 1 heterocycles. The molecule has 2 N–H and O–H groups in total. The third-order valence-corrected chi connectivity index (χ3v) is 4.34. The normalized spacial score (nSPS) is 38.2. The summed E-state index contributed by atoms with van der Waals surface area (Å²) in [5.74, 6) is 3.65. The highest BCUT2D eigenvalue weighted by atomic mass is 14.7. The molecule has 15 heavy (non-hydrogen) atoms. The van der Waals surface area contributed by atoms with Gasteiger partial charge < -0.3 is 5.73 Å². The fourth-order valence-electron chi connectivity index (χ4n) is 2.91. The Bertz CT molecular complexity index is 239. The summed E-state index contributed by atoms with van der Waals surface area (Å²) in [4.78, 5) is 0. The molecule has 0 aromatic rings. The Morgan fingerprint density at radius 3 is 2.67 bits per heavy atom. The average molecular weight is 204 g/mol. The maximum Gasteiger partial charge on any atom is 0.137 e.